The Labute approximate surface area is 174 Å². The zero-order valence-electron chi connectivity index (χ0n) is 16.9. The van der Waals surface area contributed by atoms with Gasteiger partial charge in [0.25, 0.3) is 0 Å². The molecule has 1 aliphatic heterocycles. The quantitative estimate of drug-likeness (QED) is 0.784. The molecule has 4 rings (SSSR count). The zero-order chi connectivity index (χ0) is 20.5. The Balaban J connectivity index is 1.65. The molecule has 2 heterocycles. The van der Waals surface area contributed by atoms with Crippen LogP contribution in [0.25, 0.3) is 0 Å². The van der Waals surface area contributed by atoms with E-state index in [-0.39, 0.29) is 29.6 Å². The van der Waals surface area contributed by atoms with E-state index < -0.39 is 0 Å². The van der Waals surface area contributed by atoms with E-state index in [1.807, 2.05) is 49.6 Å². The van der Waals surface area contributed by atoms with Crippen LogP contribution in [0, 0.1) is 0 Å². The summed E-state index contributed by atoms with van der Waals surface area (Å²) in [6.45, 7) is 3.94. The van der Waals surface area contributed by atoms with Gasteiger partial charge in [-0.2, -0.15) is 0 Å². The molecule has 6 heteroatoms. The number of allylic oxidation sites excluding steroid dienone is 2. The number of ketones is 1. The van der Waals surface area contributed by atoms with Crippen molar-refractivity contribution in [2.75, 3.05) is 7.11 Å². The number of carbonyl (C=O) groups is 2. The summed E-state index contributed by atoms with van der Waals surface area (Å²) in [6.07, 6.45) is 1.46. The van der Waals surface area contributed by atoms with Crippen LogP contribution in [-0.4, -0.2) is 24.9 Å². The van der Waals surface area contributed by atoms with Crippen molar-refractivity contribution in [3.63, 3.8) is 0 Å². The third-order valence-electron chi connectivity index (χ3n) is 5.44. The number of benzene rings is 1. The maximum absolute atomic E-state index is 13.1. The van der Waals surface area contributed by atoms with E-state index in [2.05, 4.69) is 5.32 Å². The van der Waals surface area contributed by atoms with Gasteiger partial charge in [-0.3, -0.25) is 9.59 Å². The number of carbonyl (C=O) groups excluding carboxylic acids is 2. The third-order valence-corrected chi connectivity index (χ3v) is 6.43. The number of hydrogen-bond donors (Lipinski definition) is 1. The fraction of sp³-hybridized carbons (Fsp3) is 0.391. The lowest BCUT2D eigenvalue weighted by Gasteiger charge is -2.34. The molecule has 152 valence electrons. The predicted molar refractivity (Wildman–Crippen MR) is 113 cm³/mol. The number of thiophene rings is 1. The van der Waals surface area contributed by atoms with Gasteiger partial charge in [0.1, 0.15) is 0 Å². The maximum Gasteiger partial charge on any atom is 0.225 e. The Morgan fingerprint density at radius 2 is 1.93 bits per heavy atom. The average molecular weight is 412 g/mol. The summed E-state index contributed by atoms with van der Waals surface area (Å²) in [7, 11) is 1.62. The van der Waals surface area contributed by atoms with Gasteiger partial charge in [-0.15, -0.1) is 11.3 Å². The van der Waals surface area contributed by atoms with Gasteiger partial charge in [-0.05, 0) is 55.3 Å². The summed E-state index contributed by atoms with van der Waals surface area (Å²) in [4.78, 5) is 26.5. The fourth-order valence-electron chi connectivity index (χ4n) is 4.22. The molecule has 0 spiro atoms. The van der Waals surface area contributed by atoms with E-state index >= 15 is 0 Å². The van der Waals surface area contributed by atoms with Gasteiger partial charge in [0.2, 0.25) is 5.91 Å². The molecule has 2 aromatic rings. The summed E-state index contributed by atoms with van der Waals surface area (Å²) < 4.78 is 11.3. The highest BCUT2D eigenvalue weighted by Gasteiger charge is 2.38. The second kappa shape index (κ2) is 8.03. The van der Waals surface area contributed by atoms with Crippen LogP contribution in [0.1, 0.15) is 55.4 Å². The molecule has 2 atom stereocenters. The lowest BCUT2D eigenvalue weighted by Crippen LogP contribution is -2.37. The van der Waals surface area contributed by atoms with Crippen LogP contribution in [0.5, 0.6) is 11.5 Å². The standard InChI is InChI=1S/C23H25NO4S/c1-13(2)28-19-7-6-14(11-20(19)27-3)15-9-17-23(18(25)10-15)16(12-22(26)24-17)21-5-4-8-29-21/h4-8,11,13,15-16H,9-10,12H2,1-3H3,(H,24,26). The molecule has 1 aromatic carbocycles. The first-order valence-electron chi connectivity index (χ1n) is 9.90. The lowest BCUT2D eigenvalue weighted by atomic mass is 9.75. The minimum atomic E-state index is -0.122. The maximum atomic E-state index is 13.1. The lowest BCUT2D eigenvalue weighted by molar-refractivity contribution is -0.122. The van der Waals surface area contributed by atoms with Gasteiger partial charge in [0, 0.05) is 34.9 Å². The molecule has 0 radical (unpaired) electrons. The van der Waals surface area contributed by atoms with Crippen molar-refractivity contribution in [1.82, 2.24) is 5.32 Å². The van der Waals surface area contributed by atoms with Gasteiger partial charge >= 0.3 is 0 Å². The molecule has 2 aliphatic rings. The normalized spacial score (nSPS) is 21.8. The highest BCUT2D eigenvalue weighted by Crippen LogP contribution is 2.44. The predicted octanol–water partition coefficient (Wildman–Crippen LogP) is 4.55. The van der Waals surface area contributed by atoms with Crippen LogP contribution in [-0.2, 0) is 9.59 Å². The zero-order valence-corrected chi connectivity index (χ0v) is 17.7. The van der Waals surface area contributed by atoms with Gasteiger partial charge in [0.15, 0.2) is 17.3 Å². The first-order chi connectivity index (χ1) is 14.0. The highest BCUT2D eigenvalue weighted by molar-refractivity contribution is 7.10. The van der Waals surface area contributed by atoms with Crippen LogP contribution >= 0.6 is 11.3 Å². The fourth-order valence-corrected chi connectivity index (χ4v) is 5.05. The SMILES string of the molecule is COc1cc(C2CC(=O)C3=C(C2)NC(=O)CC3c2cccs2)ccc1OC(C)C. The molecule has 0 fully saturated rings. The van der Waals surface area contributed by atoms with E-state index in [0.29, 0.717) is 30.8 Å². The highest BCUT2D eigenvalue weighted by atomic mass is 32.1. The summed E-state index contributed by atoms with van der Waals surface area (Å²) in [6, 6.07) is 9.82. The van der Waals surface area contributed by atoms with E-state index in [9.17, 15) is 9.59 Å². The second-order valence-corrected chi connectivity index (χ2v) is 8.80. The molecule has 1 aromatic heterocycles. The Bertz CT molecular complexity index is 961. The van der Waals surface area contributed by atoms with Gasteiger partial charge in [-0.1, -0.05) is 12.1 Å². The van der Waals surface area contributed by atoms with E-state index in [4.69, 9.17) is 9.47 Å². The number of Topliss-reactive ketones (excluding diaryl/α,β-unsaturated/α-hetero) is 1. The van der Waals surface area contributed by atoms with Crippen molar-refractivity contribution in [3.05, 3.63) is 57.4 Å². The third kappa shape index (κ3) is 3.94. The summed E-state index contributed by atoms with van der Waals surface area (Å²) in [5.41, 5.74) is 2.59. The molecule has 0 bridgehead atoms. The first kappa shape index (κ1) is 19.7. The van der Waals surface area contributed by atoms with Crippen molar-refractivity contribution in [3.8, 4) is 11.5 Å². The second-order valence-electron chi connectivity index (χ2n) is 7.82. The number of methoxy groups -OCH3 is 1. The monoisotopic (exact) mass is 411 g/mol. The molecule has 1 N–H and O–H groups in total. The molecular weight excluding hydrogens is 386 g/mol. The molecule has 1 amide bonds. The summed E-state index contributed by atoms with van der Waals surface area (Å²) >= 11 is 1.60. The largest absolute Gasteiger partial charge is 0.493 e. The molecule has 1 aliphatic carbocycles. The molecule has 2 unspecified atom stereocenters. The summed E-state index contributed by atoms with van der Waals surface area (Å²) in [5, 5.41) is 4.97. The van der Waals surface area contributed by atoms with Crippen molar-refractivity contribution in [2.45, 2.75) is 51.0 Å². The van der Waals surface area contributed by atoms with E-state index in [1.54, 1.807) is 18.4 Å². The van der Waals surface area contributed by atoms with Crippen LogP contribution in [0.3, 0.4) is 0 Å². The van der Waals surface area contributed by atoms with Gasteiger partial charge in [-0.25, -0.2) is 0 Å². The number of hydrogen-bond acceptors (Lipinski definition) is 5. The van der Waals surface area contributed by atoms with Crippen molar-refractivity contribution >= 4 is 23.0 Å². The van der Waals surface area contributed by atoms with Crippen LogP contribution in [0.15, 0.2) is 47.0 Å². The minimum absolute atomic E-state index is 0.00522. The minimum Gasteiger partial charge on any atom is -0.493 e. The van der Waals surface area contributed by atoms with Crippen LogP contribution in [0.2, 0.25) is 0 Å². The summed E-state index contributed by atoms with van der Waals surface area (Å²) in [5.74, 6) is 1.34. The van der Waals surface area contributed by atoms with Gasteiger partial charge in [0.05, 0.1) is 13.2 Å². The Kier molecular flexibility index (Phi) is 5.46. The molecule has 0 saturated heterocycles. The van der Waals surface area contributed by atoms with Gasteiger partial charge < -0.3 is 14.8 Å². The average Bonchev–Trinajstić information content (AvgIpc) is 3.21. The Hall–Kier alpha value is -2.60. The van der Waals surface area contributed by atoms with E-state index in [0.717, 1.165) is 21.7 Å². The Morgan fingerprint density at radius 1 is 1.10 bits per heavy atom. The topological polar surface area (TPSA) is 64.6 Å². The molecule has 0 saturated carbocycles. The number of rotatable bonds is 5. The van der Waals surface area contributed by atoms with E-state index in [1.165, 1.54) is 0 Å². The molecule has 29 heavy (non-hydrogen) atoms. The number of nitrogens with one attached hydrogen (secondary N) is 1. The smallest absolute Gasteiger partial charge is 0.225 e. The first-order valence-corrected chi connectivity index (χ1v) is 10.8. The van der Waals surface area contributed by atoms with Crippen LogP contribution in [0.4, 0.5) is 0 Å². The molecule has 5 nitrogen and oxygen atoms in total. The number of ether oxygens (including phenoxy) is 2. The number of amides is 1. The Morgan fingerprint density at radius 3 is 2.62 bits per heavy atom. The van der Waals surface area contributed by atoms with Crippen molar-refractivity contribution < 1.29 is 19.1 Å². The van der Waals surface area contributed by atoms with Crippen molar-refractivity contribution in [2.24, 2.45) is 0 Å². The molecular formula is C23H25NO4S. The van der Waals surface area contributed by atoms with Crippen LogP contribution < -0.4 is 14.8 Å². The van der Waals surface area contributed by atoms with Crippen molar-refractivity contribution in [1.29, 1.82) is 0 Å².